The Balaban J connectivity index is 2.29. The van der Waals surface area contributed by atoms with Crippen molar-refractivity contribution in [3.8, 4) is 0 Å². The van der Waals surface area contributed by atoms with Crippen LogP contribution in [0.3, 0.4) is 0 Å². The Morgan fingerprint density at radius 1 is 1.71 bits per heavy atom. The molecule has 4 heteroatoms. The zero-order chi connectivity index (χ0) is 10.6. The van der Waals surface area contributed by atoms with Crippen LogP contribution in [-0.4, -0.2) is 43.0 Å². The van der Waals surface area contributed by atoms with Gasteiger partial charge < -0.3 is 10.6 Å². The zero-order valence-electron chi connectivity index (χ0n) is 8.97. The van der Waals surface area contributed by atoms with Gasteiger partial charge in [-0.15, -0.1) is 0 Å². The molecule has 0 spiro atoms. The van der Waals surface area contributed by atoms with Crippen molar-refractivity contribution in [3.05, 3.63) is 12.3 Å². The topological polar surface area (TPSA) is 44.4 Å². The molecule has 0 unspecified atom stereocenters. The Labute approximate surface area is 85.3 Å². The third-order valence-electron chi connectivity index (χ3n) is 2.02. The Morgan fingerprint density at radius 3 is 3.00 bits per heavy atom. The van der Waals surface area contributed by atoms with Crippen LogP contribution >= 0.6 is 0 Å². The molecule has 1 saturated heterocycles. The summed E-state index contributed by atoms with van der Waals surface area (Å²) in [5, 5.41) is 6.03. The number of nitrogens with one attached hydrogen (secondary N) is 2. The fourth-order valence-electron chi connectivity index (χ4n) is 1.55. The minimum Gasteiger partial charge on any atom is -0.386 e. The standard InChI is InChI=1S/C10H19N3O/c1-8(2)12-9(3)6-13-5-4-11-10(14)7-13/h8,12H,3-7H2,1-2H3,(H,11,14). The Bertz CT molecular complexity index is 225. The lowest BCUT2D eigenvalue weighted by atomic mass is 10.3. The molecule has 0 aromatic rings. The highest BCUT2D eigenvalue weighted by atomic mass is 16.2. The highest BCUT2D eigenvalue weighted by Crippen LogP contribution is 1.98. The van der Waals surface area contributed by atoms with Crippen molar-refractivity contribution in [2.24, 2.45) is 0 Å². The Kier molecular flexibility index (Phi) is 3.95. The molecule has 1 rings (SSSR count). The molecule has 0 atom stereocenters. The van der Waals surface area contributed by atoms with Crippen molar-refractivity contribution in [1.29, 1.82) is 0 Å². The molecule has 14 heavy (non-hydrogen) atoms. The van der Waals surface area contributed by atoms with E-state index in [-0.39, 0.29) is 5.91 Å². The maximum atomic E-state index is 11.1. The first-order valence-electron chi connectivity index (χ1n) is 5.01. The SMILES string of the molecule is C=C(CN1CCNC(=O)C1)NC(C)C. The number of carbonyl (C=O) groups excluding carboxylic acids is 1. The molecule has 2 N–H and O–H groups in total. The molecule has 0 radical (unpaired) electrons. The maximum absolute atomic E-state index is 11.1. The quantitative estimate of drug-likeness (QED) is 0.663. The largest absolute Gasteiger partial charge is 0.386 e. The number of rotatable bonds is 4. The van der Waals surface area contributed by atoms with Crippen molar-refractivity contribution >= 4 is 5.91 Å². The molecule has 1 heterocycles. The number of carbonyl (C=O) groups is 1. The van der Waals surface area contributed by atoms with Gasteiger partial charge in [-0.2, -0.15) is 0 Å². The Hall–Kier alpha value is -1.03. The first kappa shape index (κ1) is 11.0. The second-order valence-corrected chi connectivity index (χ2v) is 3.96. The molecule has 0 bridgehead atoms. The summed E-state index contributed by atoms with van der Waals surface area (Å²) >= 11 is 0. The summed E-state index contributed by atoms with van der Waals surface area (Å²) < 4.78 is 0. The van der Waals surface area contributed by atoms with E-state index < -0.39 is 0 Å². The van der Waals surface area contributed by atoms with Crippen LogP contribution in [0.2, 0.25) is 0 Å². The summed E-state index contributed by atoms with van der Waals surface area (Å²) in [4.78, 5) is 13.2. The van der Waals surface area contributed by atoms with Crippen molar-refractivity contribution in [2.45, 2.75) is 19.9 Å². The normalized spacial score (nSPS) is 18.1. The monoisotopic (exact) mass is 197 g/mol. The van der Waals surface area contributed by atoms with Gasteiger partial charge >= 0.3 is 0 Å². The van der Waals surface area contributed by atoms with E-state index in [1.807, 2.05) is 0 Å². The first-order valence-corrected chi connectivity index (χ1v) is 5.01. The van der Waals surface area contributed by atoms with Gasteiger partial charge in [0, 0.05) is 31.4 Å². The second-order valence-electron chi connectivity index (χ2n) is 3.96. The fourth-order valence-corrected chi connectivity index (χ4v) is 1.55. The zero-order valence-corrected chi connectivity index (χ0v) is 8.97. The van der Waals surface area contributed by atoms with Crippen molar-refractivity contribution in [1.82, 2.24) is 15.5 Å². The van der Waals surface area contributed by atoms with Crippen LogP contribution in [0.1, 0.15) is 13.8 Å². The van der Waals surface area contributed by atoms with Crippen LogP contribution in [0, 0.1) is 0 Å². The molecule has 1 aliphatic heterocycles. The van der Waals surface area contributed by atoms with Crippen LogP contribution in [-0.2, 0) is 4.79 Å². The fraction of sp³-hybridized carbons (Fsp3) is 0.700. The molecule has 1 fully saturated rings. The van der Waals surface area contributed by atoms with Crippen molar-refractivity contribution in [3.63, 3.8) is 0 Å². The smallest absolute Gasteiger partial charge is 0.234 e. The summed E-state index contributed by atoms with van der Waals surface area (Å²) in [5.41, 5.74) is 0.981. The van der Waals surface area contributed by atoms with Crippen LogP contribution in [0.4, 0.5) is 0 Å². The van der Waals surface area contributed by atoms with Gasteiger partial charge in [-0.05, 0) is 13.8 Å². The summed E-state index contributed by atoms with van der Waals surface area (Å²) in [6, 6.07) is 0.404. The van der Waals surface area contributed by atoms with Gasteiger partial charge in [0.05, 0.1) is 6.54 Å². The van der Waals surface area contributed by atoms with Gasteiger partial charge in [0.2, 0.25) is 5.91 Å². The Morgan fingerprint density at radius 2 is 2.43 bits per heavy atom. The average Bonchev–Trinajstić information content (AvgIpc) is 2.01. The predicted molar refractivity (Wildman–Crippen MR) is 56.9 cm³/mol. The van der Waals surface area contributed by atoms with E-state index in [0.29, 0.717) is 12.6 Å². The molecule has 0 aliphatic carbocycles. The first-order chi connectivity index (χ1) is 6.58. The van der Waals surface area contributed by atoms with Gasteiger partial charge in [-0.25, -0.2) is 0 Å². The van der Waals surface area contributed by atoms with Crippen LogP contribution < -0.4 is 10.6 Å². The molecule has 1 amide bonds. The summed E-state index contributed by atoms with van der Waals surface area (Å²) in [5.74, 6) is 0.105. The van der Waals surface area contributed by atoms with Crippen molar-refractivity contribution in [2.75, 3.05) is 26.2 Å². The lowest BCUT2D eigenvalue weighted by Crippen LogP contribution is -2.49. The van der Waals surface area contributed by atoms with Gasteiger partial charge in [-0.3, -0.25) is 9.69 Å². The average molecular weight is 197 g/mol. The van der Waals surface area contributed by atoms with E-state index in [2.05, 4.69) is 36.0 Å². The molecular weight excluding hydrogens is 178 g/mol. The molecule has 0 saturated carbocycles. The van der Waals surface area contributed by atoms with Crippen LogP contribution in [0.25, 0.3) is 0 Å². The van der Waals surface area contributed by atoms with E-state index in [1.165, 1.54) is 0 Å². The molecule has 1 aliphatic rings. The molecule has 0 aromatic carbocycles. The number of piperazine rings is 1. The lowest BCUT2D eigenvalue weighted by molar-refractivity contribution is -0.123. The minimum atomic E-state index is 0.105. The van der Waals surface area contributed by atoms with Gasteiger partial charge in [0.25, 0.3) is 0 Å². The van der Waals surface area contributed by atoms with E-state index in [4.69, 9.17) is 0 Å². The third kappa shape index (κ3) is 3.79. The summed E-state index contributed by atoms with van der Waals surface area (Å²) in [6.45, 7) is 11.0. The number of nitrogens with zero attached hydrogens (tertiary/aromatic N) is 1. The minimum absolute atomic E-state index is 0.105. The molecule has 80 valence electrons. The van der Waals surface area contributed by atoms with Crippen molar-refractivity contribution < 1.29 is 4.79 Å². The lowest BCUT2D eigenvalue weighted by Gasteiger charge is -2.27. The second kappa shape index (κ2) is 5.00. The van der Waals surface area contributed by atoms with Gasteiger partial charge in [-0.1, -0.05) is 6.58 Å². The summed E-state index contributed by atoms with van der Waals surface area (Å²) in [6.07, 6.45) is 0. The van der Waals surface area contributed by atoms with Crippen LogP contribution in [0.15, 0.2) is 12.3 Å². The summed E-state index contributed by atoms with van der Waals surface area (Å²) in [7, 11) is 0. The van der Waals surface area contributed by atoms with E-state index in [9.17, 15) is 4.79 Å². The van der Waals surface area contributed by atoms with E-state index in [1.54, 1.807) is 0 Å². The van der Waals surface area contributed by atoms with Crippen LogP contribution in [0.5, 0.6) is 0 Å². The number of amides is 1. The highest BCUT2D eigenvalue weighted by Gasteiger charge is 2.16. The maximum Gasteiger partial charge on any atom is 0.234 e. The third-order valence-corrected chi connectivity index (χ3v) is 2.02. The molecule has 4 nitrogen and oxygen atoms in total. The van der Waals surface area contributed by atoms with Gasteiger partial charge in [0.1, 0.15) is 0 Å². The predicted octanol–water partition coefficient (Wildman–Crippen LogP) is -0.0701. The number of hydrogen-bond acceptors (Lipinski definition) is 3. The van der Waals surface area contributed by atoms with E-state index in [0.717, 1.165) is 25.3 Å². The molecule has 0 aromatic heterocycles. The van der Waals surface area contributed by atoms with Gasteiger partial charge in [0.15, 0.2) is 0 Å². The van der Waals surface area contributed by atoms with E-state index >= 15 is 0 Å². The number of hydrogen-bond donors (Lipinski definition) is 2. The molecular formula is C10H19N3O. The highest BCUT2D eigenvalue weighted by molar-refractivity contribution is 5.78.